The maximum absolute atomic E-state index is 12.5. The number of amides is 2. The van der Waals surface area contributed by atoms with E-state index in [9.17, 15) is 9.59 Å². The highest BCUT2D eigenvalue weighted by molar-refractivity contribution is 7.21. The van der Waals surface area contributed by atoms with Gasteiger partial charge in [0.05, 0.1) is 5.02 Å². The second kappa shape index (κ2) is 7.25. The van der Waals surface area contributed by atoms with E-state index in [2.05, 4.69) is 10.6 Å². The number of fused-ring (bicyclic) bond motifs is 1. The molecule has 2 N–H and O–H groups in total. The Kier molecular flexibility index (Phi) is 5.06. The molecular weight excluding hydrogens is 356 g/mol. The second-order valence-corrected chi connectivity index (χ2v) is 7.33. The van der Waals surface area contributed by atoms with Crippen molar-refractivity contribution in [1.29, 1.82) is 0 Å². The van der Waals surface area contributed by atoms with Crippen LogP contribution in [0.5, 0.6) is 0 Å². The summed E-state index contributed by atoms with van der Waals surface area (Å²) in [6, 6.07) is 14.5. The van der Waals surface area contributed by atoms with Crippen LogP contribution in [0.4, 0.5) is 5.69 Å². The first kappa shape index (κ1) is 17.5. The van der Waals surface area contributed by atoms with E-state index in [1.165, 1.54) is 11.3 Å². The smallest absolute Gasteiger partial charge is 0.267 e. The lowest BCUT2D eigenvalue weighted by Crippen LogP contribution is -2.29. The lowest BCUT2D eigenvalue weighted by atomic mass is 10.2. The van der Waals surface area contributed by atoms with Crippen molar-refractivity contribution < 1.29 is 9.59 Å². The Balaban J connectivity index is 1.76. The van der Waals surface area contributed by atoms with E-state index < -0.39 is 0 Å². The van der Waals surface area contributed by atoms with Gasteiger partial charge in [-0.05, 0) is 44.2 Å². The molecule has 0 radical (unpaired) electrons. The summed E-state index contributed by atoms with van der Waals surface area (Å²) in [5, 5.41) is 6.99. The molecule has 0 aliphatic heterocycles. The molecule has 0 saturated carbocycles. The molecule has 25 heavy (non-hydrogen) atoms. The molecule has 1 heterocycles. The van der Waals surface area contributed by atoms with E-state index in [-0.39, 0.29) is 17.9 Å². The molecule has 1 aromatic heterocycles. The predicted octanol–water partition coefficient (Wildman–Crippen LogP) is 4.95. The third-order valence-corrected chi connectivity index (χ3v) is 5.24. The van der Waals surface area contributed by atoms with Crippen molar-refractivity contribution in [2.24, 2.45) is 0 Å². The largest absolute Gasteiger partial charge is 0.350 e. The van der Waals surface area contributed by atoms with Gasteiger partial charge in [-0.1, -0.05) is 29.8 Å². The first-order valence-corrected chi connectivity index (χ1v) is 9.04. The average Bonchev–Trinajstić information content (AvgIpc) is 2.92. The van der Waals surface area contributed by atoms with Crippen LogP contribution in [0.3, 0.4) is 0 Å². The number of halogens is 1. The fourth-order valence-electron chi connectivity index (χ4n) is 2.40. The zero-order chi connectivity index (χ0) is 18.0. The molecule has 0 bridgehead atoms. The van der Waals surface area contributed by atoms with Gasteiger partial charge in [0, 0.05) is 27.4 Å². The van der Waals surface area contributed by atoms with Crippen molar-refractivity contribution in [3.63, 3.8) is 0 Å². The number of anilines is 1. The topological polar surface area (TPSA) is 58.2 Å². The summed E-state index contributed by atoms with van der Waals surface area (Å²) < 4.78 is 0.971. The molecule has 3 aromatic rings. The Bertz CT molecular complexity index is 932. The van der Waals surface area contributed by atoms with Crippen molar-refractivity contribution in [1.82, 2.24) is 5.32 Å². The lowest BCUT2D eigenvalue weighted by molar-refractivity contribution is 0.0942. The van der Waals surface area contributed by atoms with Crippen molar-refractivity contribution in [3.05, 3.63) is 64.0 Å². The Hall–Kier alpha value is -2.37. The van der Waals surface area contributed by atoms with Crippen molar-refractivity contribution >= 4 is 50.5 Å². The first-order chi connectivity index (χ1) is 12.0. The Morgan fingerprint density at radius 3 is 2.32 bits per heavy atom. The van der Waals surface area contributed by atoms with Crippen LogP contribution in [0.25, 0.3) is 10.1 Å². The van der Waals surface area contributed by atoms with Crippen molar-refractivity contribution in [3.8, 4) is 0 Å². The first-order valence-electron chi connectivity index (χ1n) is 7.85. The van der Waals surface area contributed by atoms with Gasteiger partial charge in [-0.2, -0.15) is 0 Å². The molecule has 6 heteroatoms. The minimum atomic E-state index is -0.259. The molecule has 0 unspecified atom stereocenters. The summed E-state index contributed by atoms with van der Waals surface area (Å²) in [5.74, 6) is -0.397. The molecule has 4 nitrogen and oxygen atoms in total. The normalized spacial score (nSPS) is 10.9. The van der Waals surface area contributed by atoms with Crippen LogP contribution in [0.1, 0.15) is 33.9 Å². The van der Waals surface area contributed by atoms with E-state index in [0.29, 0.717) is 21.2 Å². The van der Waals surface area contributed by atoms with Gasteiger partial charge in [0.2, 0.25) is 0 Å². The molecule has 0 aliphatic rings. The number of rotatable bonds is 4. The number of benzene rings is 2. The summed E-state index contributed by atoms with van der Waals surface area (Å²) in [5.41, 5.74) is 1.16. The van der Waals surface area contributed by atoms with Gasteiger partial charge in [0.15, 0.2) is 0 Å². The molecule has 0 spiro atoms. The number of hydrogen-bond donors (Lipinski definition) is 2. The maximum Gasteiger partial charge on any atom is 0.267 e. The van der Waals surface area contributed by atoms with E-state index in [1.807, 2.05) is 38.1 Å². The van der Waals surface area contributed by atoms with Gasteiger partial charge in [-0.3, -0.25) is 9.59 Å². The molecule has 2 amide bonds. The molecule has 0 aliphatic carbocycles. The van der Waals surface area contributed by atoms with Gasteiger partial charge in [-0.25, -0.2) is 0 Å². The van der Waals surface area contributed by atoms with Crippen LogP contribution in [-0.4, -0.2) is 17.9 Å². The van der Waals surface area contributed by atoms with Gasteiger partial charge in [-0.15, -0.1) is 11.3 Å². The molecule has 0 saturated heterocycles. The quantitative estimate of drug-likeness (QED) is 0.681. The highest BCUT2D eigenvalue weighted by atomic mass is 35.5. The Labute approximate surface area is 154 Å². The third kappa shape index (κ3) is 3.83. The monoisotopic (exact) mass is 372 g/mol. The minimum absolute atomic E-state index is 0.0713. The van der Waals surface area contributed by atoms with Crippen LogP contribution >= 0.6 is 22.9 Å². The zero-order valence-electron chi connectivity index (χ0n) is 13.8. The summed E-state index contributed by atoms with van der Waals surface area (Å²) in [4.78, 5) is 24.9. The molecular formula is C19H17ClN2O2S. The molecule has 0 atom stereocenters. The third-order valence-electron chi connectivity index (χ3n) is 3.57. The summed E-state index contributed by atoms with van der Waals surface area (Å²) in [6.45, 7) is 3.81. The van der Waals surface area contributed by atoms with Crippen LogP contribution in [0.2, 0.25) is 5.02 Å². The fourth-order valence-corrected chi connectivity index (χ4v) is 3.81. The van der Waals surface area contributed by atoms with Gasteiger partial charge in [0.25, 0.3) is 11.8 Å². The predicted molar refractivity (Wildman–Crippen MR) is 104 cm³/mol. The molecule has 128 valence electrons. The lowest BCUT2D eigenvalue weighted by Gasteiger charge is -2.09. The summed E-state index contributed by atoms with van der Waals surface area (Å²) in [7, 11) is 0. The number of thiophene rings is 1. The van der Waals surface area contributed by atoms with Crippen LogP contribution in [-0.2, 0) is 0 Å². The number of carbonyl (C=O) groups is 2. The second-order valence-electron chi connectivity index (χ2n) is 5.90. The standard InChI is InChI=1S/C19H17ClN2O2S/c1-11(2)21-18(23)12-7-9-13(10-8-12)22-19(24)17-16(20)14-5-3-4-6-15(14)25-17/h3-11H,1-2H3,(H,21,23)(H,22,24). The van der Waals surface area contributed by atoms with E-state index in [4.69, 9.17) is 11.6 Å². The fraction of sp³-hybridized carbons (Fsp3) is 0.158. The zero-order valence-corrected chi connectivity index (χ0v) is 15.4. The molecule has 2 aromatic carbocycles. The number of carbonyl (C=O) groups excluding carboxylic acids is 2. The summed E-state index contributed by atoms with van der Waals surface area (Å²) >= 11 is 7.69. The molecule has 3 rings (SSSR count). The van der Waals surface area contributed by atoms with Crippen LogP contribution in [0.15, 0.2) is 48.5 Å². The van der Waals surface area contributed by atoms with Crippen molar-refractivity contribution in [2.45, 2.75) is 19.9 Å². The minimum Gasteiger partial charge on any atom is -0.350 e. The van der Waals surface area contributed by atoms with Crippen molar-refractivity contribution in [2.75, 3.05) is 5.32 Å². The van der Waals surface area contributed by atoms with E-state index >= 15 is 0 Å². The number of nitrogens with one attached hydrogen (secondary N) is 2. The highest BCUT2D eigenvalue weighted by Gasteiger charge is 2.17. The Morgan fingerprint density at radius 1 is 1.00 bits per heavy atom. The highest BCUT2D eigenvalue weighted by Crippen LogP contribution is 2.35. The maximum atomic E-state index is 12.5. The summed E-state index contributed by atoms with van der Waals surface area (Å²) in [6.07, 6.45) is 0. The van der Waals surface area contributed by atoms with Gasteiger partial charge in [0.1, 0.15) is 4.88 Å². The van der Waals surface area contributed by atoms with E-state index in [0.717, 1.165) is 10.1 Å². The number of hydrogen-bond acceptors (Lipinski definition) is 3. The van der Waals surface area contributed by atoms with Crippen LogP contribution in [0, 0.1) is 0 Å². The average molecular weight is 373 g/mol. The van der Waals surface area contributed by atoms with Gasteiger partial charge >= 0.3 is 0 Å². The molecule has 0 fully saturated rings. The van der Waals surface area contributed by atoms with E-state index in [1.54, 1.807) is 24.3 Å². The van der Waals surface area contributed by atoms with Crippen LogP contribution < -0.4 is 10.6 Å². The Morgan fingerprint density at radius 2 is 1.68 bits per heavy atom. The SMILES string of the molecule is CC(C)NC(=O)c1ccc(NC(=O)c2sc3ccccc3c2Cl)cc1. The van der Waals surface area contributed by atoms with Gasteiger partial charge < -0.3 is 10.6 Å².